The van der Waals surface area contributed by atoms with Gasteiger partial charge in [-0.05, 0) is 30.7 Å². The number of nitrogens with zero attached hydrogens (tertiary/aromatic N) is 1. The van der Waals surface area contributed by atoms with Crippen LogP contribution in [-0.4, -0.2) is 35.6 Å². The van der Waals surface area contributed by atoms with E-state index in [9.17, 15) is 4.79 Å². The Bertz CT molecular complexity index is 228. The lowest BCUT2D eigenvalue weighted by atomic mass is 9.79. The Morgan fingerprint density at radius 3 is 2.73 bits per heavy atom. The van der Waals surface area contributed by atoms with Gasteiger partial charge in [0.2, 0.25) is 0 Å². The van der Waals surface area contributed by atoms with Crippen molar-refractivity contribution in [2.75, 3.05) is 19.6 Å². The van der Waals surface area contributed by atoms with Gasteiger partial charge in [0.25, 0.3) is 0 Å². The number of piperidine rings is 1. The number of hydrogen-bond acceptors (Lipinski definition) is 2. The van der Waals surface area contributed by atoms with Crippen molar-refractivity contribution in [2.45, 2.75) is 40.0 Å². The summed E-state index contributed by atoms with van der Waals surface area (Å²) in [5, 5.41) is 8.88. The highest BCUT2D eigenvalue weighted by molar-refractivity contribution is 5.67. The average Bonchev–Trinajstić information content (AvgIpc) is 1.99. The van der Waals surface area contributed by atoms with Crippen molar-refractivity contribution in [2.24, 2.45) is 11.3 Å². The third-order valence-corrected chi connectivity index (χ3v) is 3.06. The van der Waals surface area contributed by atoms with Gasteiger partial charge in [0.15, 0.2) is 0 Å². The van der Waals surface area contributed by atoms with E-state index in [-0.39, 0.29) is 5.41 Å². The van der Waals surface area contributed by atoms with E-state index < -0.39 is 5.97 Å². The third-order valence-electron chi connectivity index (χ3n) is 3.06. The van der Waals surface area contributed by atoms with Crippen LogP contribution in [0.3, 0.4) is 0 Å². The minimum Gasteiger partial charge on any atom is -0.481 e. The van der Waals surface area contributed by atoms with Crippen LogP contribution in [0.2, 0.25) is 0 Å². The average molecular weight is 213 g/mol. The van der Waals surface area contributed by atoms with Gasteiger partial charge in [0.05, 0.1) is 6.42 Å². The molecule has 1 atom stereocenters. The van der Waals surface area contributed by atoms with Crippen molar-refractivity contribution in [1.82, 2.24) is 4.90 Å². The molecule has 1 unspecified atom stereocenters. The summed E-state index contributed by atoms with van der Waals surface area (Å²) < 4.78 is 0. The van der Waals surface area contributed by atoms with Crippen LogP contribution in [0, 0.1) is 11.3 Å². The molecule has 0 radical (unpaired) electrons. The topological polar surface area (TPSA) is 40.5 Å². The lowest BCUT2D eigenvalue weighted by molar-refractivity contribution is -0.140. The molecule has 0 amide bonds. The molecule has 1 aliphatic rings. The number of carboxylic acids is 1. The maximum Gasteiger partial charge on any atom is 0.303 e. The molecule has 0 spiro atoms. The smallest absolute Gasteiger partial charge is 0.303 e. The van der Waals surface area contributed by atoms with Crippen molar-refractivity contribution >= 4 is 5.97 Å². The molecule has 0 saturated carbocycles. The predicted molar refractivity (Wildman–Crippen MR) is 60.9 cm³/mol. The summed E-state index contributed by atoms with van der Waals surface area (Å²) in [5.74, 6) is 0.000995. The van der Waals surface area contributed by atoms with Gasteiger partial charge >= 0.3 is 5.97 Å². The number of hydrogen-bond donors (Lipinski definition) is 1. The molecule has 1 fully saturated rings. The normalized spacial score (nSPS) is 28.3. The second-order valence-corrected chi connectivity index (χ2v) is 5.61. The van der Waals surface area contributed by atoms with Crippen LogP contribution in [0.4, 0.5) is 0 Å². The molecular formula is C12H23NO2. The Kier molecular flexibility index (Phi) is 4.14. The highest BCUT2D eigenvalue weighted by Gasteiger charge is 2.32. The zero-order valence-electron chi connectivity index (χ0n) is 10.1. The van der Waals surface area contributed by atoms with Crippen molar-refractivity contribution in [3.63, 3.8) is 0 Å². The first-order valence-corrected chi connectivity index (χ1v) is 5.85. The lowest BCUT2D eigenvalue weighted by Gasteiger charge is -2.40. The maximum absolute atomic E-state index is 10.8. The first-order chi connectivity index (χ1) is 6.91. The SMILES string of the molecule is CC(C)CN1CCCC(C)(CC(=O)O)C1. The van der Waals surface area contributed by atoms with Crippen LogP contribution in [0.1, 0.15) is 40.0 Å². The molecule has 3 nitrogen and oxygen atoms in total. The van der Waals surface area contributed by atoms with Crippen molar-refractivity contribution in [3.05, 3.63) is 0 Å². The van der Waals surface area contributed by atoms with E-state index in [1.54, 1.807) is 0 Å². The summed E-state index contributed by atoms with van der Waals surface area (Å²) in [7, 11) is 0. The number of carbonyl (C=O) groups is 1. The quantitative estimate of drug-likeness (QED) is 0.778. The van der Waals surface area contributed by atoms with Crippen molar-refractivity contribution < 1.29 is 9.90 Å². The second-order valence-electron chi connectivity index (χ2n) is 5.61. The highest BCUT2D eigenvalue weighted by atomic mass is 16.4. The van der Waals surface area contributed by atoms with E-state index in [4.69, 9.17) is 5.11 Å². The number of rotatable bonds is 4. The summed E-state index contributed by atoms with van der Waals surface area (Å²) in [6, 6.07) is 0. The van der Waals surface area contributed by atoms with Crippen LogP contribution in [0.5, 0.6) is 0 Å². The molecular weight excluding hydrogens is 190 g/mol. The summed E-state index contributed by atoms with van der Waals surface area (Å²) in [6.07, 6.45) is 2.49. The van der Waals surface area contributed by atoms with Crippen LogP contribution in [0.15, 0.2) is 0 Å². The molecule has 1 rings (SSSR count). The fourth-order valence-electron chi connectivity index (χ4n) is 2.61. The zero-order valence-corrected chi connectivity index (χ0v) is 10.1. The molecule has 1 aliphatic heterocycles. The second kappa shape index (κ2) is 4.97. The molecule has 0 aromatic rings. The van der Waals surface area contributed by atoms with E-state index in [1.807, 2.05) is 0 Å². The lowest BCUT2D eigenvalue weighted by Crippen LogP contribution is -2.44. The van der Waals surface area contributed by atoms with Gasteiger partial charge in [-0.2, -0.15) is 0 Å². The van der Waals surface area contributed by atoms with Gasteiger partial charge in [-0.3, -0.25) is 4.79 Å². The monoisotopic (exact) mass is 213 g/mol. The Hall–Kier alpha value is -0.570. The molecule has 1 heterocycles. The molecule has 1 N–H and O–H groups in total. The van der Waals surface area contributed by atoms with Gasteiger partial charge in [-0.25, -0.2) is 0 Å². The highest BCUT2D eigenvalue weighted by Crippen LogP contribution is 2.33. The Morgan fingerprint density at radius 1 is 1.53 bits per heavy atom. The van der Waals surface area contributed by atoms with Gasteiger partial charge in [0, 0.05) is 13.1 Å². The van der Waals surface area contributed by atoms with Crippen molar-refractivity contribution in [1.29, 1.82) is 0 Å². The molecule has 0 aromatic heterocycles. The molecule has 88 valence electrons. The zero-order chi connectivity index (χ0) is 11.5. The van der Waals surface area contributed by atoms with Gasteiger partial charge in [-0.15, -0.1) is 0 Å². The number of carboxylic acid groups (broad SMARTS) is 1. The fraction of sp³-hybridized carbons (Fsp3) is 0.917. The largest absolute Gasteiger partial charge is 0.481 e. The predicted octanol–water partition coefficient (Wildman–Crippen LogP) is 2.22. The summed E-state index contributed by atoms with van der Waals surface area (Å²) in [4.78, 5) is 13.2. The van der Waals surface area contributed by atoms with Crippen molar-refractivity contribution in [3.8, 4) is 0 Å². The number of likely N-dealkylation sites (tertiary alicyclic amines) is 1. The van der Waals surface area contributed by atoms with Crippen LogP contribution < -0.4 is 0 Å². The van der Waals surface area contributed by atoms with Gasteiger partial charge in [-0.1, -0.05) is 20.8 Å². The first-order valence-electron chi connectivity index (χ1n) is 5.85. The minimum absolute atomic E-state index is 0.0149. The van der Waals surface area contributed by atoms with Gasteiger partial charge in [0.1, 0.15) is 0 Å². The maximum atomic E-state index is 10.8. The third kappa shape index (κ3) is 4.20. The summed E-state index contributed by atoms with van der Waals surface area (Å²) in [5.41, 5.74) is -0.0149. The summed E-state index contributed by atoms with van der Waals surface area (Å²) in [6.45, 7) is 9.69. The Morgan fingerprint density at radius 2 is 2.20 bits per heavy atom. The minimum atomic E-state index is -0.663. The van der Waals surface area contributed by atoms with E-state index >= 15 is 0 Å². The standard InChI is InChI=1S/C12H23NO2/c1-10(2)8-13-6-4-5-12(3,9-13)7-11(14)15/h10H,4-9H2,1-3H3,(H,14,15). The van der Waals surface area contributed by atoms with Crippen LogP contribution in [-0.2, 0) is 4.79 Å². The van der Waals surface area contributed by atoms with Gasteiger partial charge < -0.3 is 10.0 Å². The van der Waals surface area contributed by atoms with Crippen LogP contribution in [0.25, 0.3) is 0 Å². The molecule has 0 aliphatic carbocycles. The number of aliphatic carboxylic acids is 1. The molecule has 1 saturated heterocycles. The molecule has 0 bridgehead atoms. The molecule has 0 aromatic carbocycles. The summed E-state index contributed by atoms with van der Waals surface area (Å²) >= 11 is 0. The Labute approximate surface area is 92.5 Å². The molecule has 15 heavy (non-hydrogen) atoms. The first kappa shape index (κ1) is 12.5. The fourth-order valence-corrected chi connectivity index (χ4v) is 2.61. The van der Waals surface area contributed by atoms with E-state index in [2.05, 4.69) is 25.7 Å². The Balaban J connectivity index is 2.50. The molecule has 3 heteroatoms. The van der Waals surface area contributed by atoms with E-state index in [0.717, 1.165) is 32.5 Å². The van der Waals surface area contributed by atoms with Crippen LogP contribution >= 0.6 is 0 Å². The van der Waals surface area contributed by atoms with E-state index in [0.29, 0.717) is 12.3 Å². The van der Waals surface area contributed by atoms with E-state index in [1.165, 1.54) is 0 Å².